The summed E-state index contributed by atoms with van der Waals surface area (Å²) >= 11 is 11.8. The summed E-state index contributed by atoms with van der Waals surface area (Å²) in [6, 6.07) is 11.6. The lowest BCUT2D eigenvalue weighted by molar-refractivity contribution is -0.109. The number of hydrogen-bond acceptors (Lipinski definition) is 5. The highest BCUT2D eigenvalue weighted by atomic mass is 35.5. The molecule has 0 spiro atoms. The molecule has 2 rings (SSSR count). The van der Waals surface area contributed by atoms with Crippen LogP contribution in [0, 0.1) is 0 Å². The molecular formula is C21H24Cl2N2O4. The van der Waals surface area contributed by atoms with Crippen molar-refractivity contribution >= 4 is 41.1 Å². The van der Waals surface area contributed by atoms with Gasteiger partial charge in [-0.1, -0.05) is 0 Å². The average molecular weight is 439 g/mol. The van der Waals surface area contributed by atoms with Gasteiger partial charge in [0, 0.05) is 36.5 Å². The molecule has 0 bridgehead atoms. The third kappa shape index (κ3) is 6.54. The van der Waals surface area contributed by atoms with Gasteiger partial charge in [0.25, 0.3) is 5.91 Å². The number of methoxy groups -OCH3 is 1. The van der Waals surface area contributed by atoms with E-state index in [-0.39, 0.29) is 5.91 Å². The Labute approximate surface area is 180 Å². The van der Waals surface area contributed by atoms with Crippen LogP contribution in [0.5, 0.6) is 17.2 Å². The molecule has 0 aromatic heterocycles. The van der Waals surface area contributed by atoms with E-state index in [1.165, 1.54) is 0 Å². The average Bonchev–Trinajstić information content (AvgIpc) is 2.74. The van der Waals surface area contributed by atoms with Crippen molar-refractivity contribution in [2.24, 2.45) is 0 Å². The van der Waals surface area contributed by atoms with E-state index < -0.39 is 6.04 Å². The third-order valence-electron chi connectivity index (χ3n) is 4.12. The SMILES string of the molecule is COc1cc(Oc2ccc(C(=O)N[C@@H](C)C=O)cc2)ccc1N(CCCl)CCCl. The molecule has 0 saturated heterocycles. The number of carbonyl (C=O) groups excluding carboxylic acids is 2. The van der Waals surface area contributed by atoms with Gasteiger partial charge >= 0.3 is 0 Å². The van der Waals surface area contributed by atoms with Crippen LogP contribution in [0.1, 0.15) is 17.3 Å². The van der Waals surface area contributed by atoms with Gasteiger partial charge in [-0.2, -0.15) is 0 Å². The first-order valence-corrected chi connectivity index (χ1v) is 10.2. The van der Waals surface area contributed by atoms with Crippen molar-refractivity contribution in [1.29, 1.82) is 0 Å². The molecule has 29 heavy (non-hydrogen) atoms. The zero-order valence-electron chi connectivity index (χ0n) is 16.4. The van der Waals surface area contributed by atoms with Gasteiger partial charge in [0.05, 0.1) is 18.8 Å². The van der Waals surface area contributed by atoms with E-state index >= 15 is 0 Å². The maximum atomic E-state index is 12.0. The number of carbonyl (C=O) groups is 2. The summed E-state index contributed by atoms with van der Waals surface area (Å²) in [5.74, 6) is 2.44. The lowest BCUT2D eigenvalue weighted by Crippen LogP contribution is -2.33. The van der Waals surface area contributed by atoms with Crippen LogP contribution in [-0.2, 0) is 4.79 Å². The second kappa shape index (κ2) is 11.5. The fourth-order valence-electron chi connectivity index (χ4n) is 2.67. The van der Waals surface area contributed by atoms with Crippen LogP contribution in [0.25, 0.3) is 0 Å². The number of rotatable bonds is 11. The summed E-state index contributed by atoms with van der Waals surface area (Å²) in [6.07, 6.45) is 0.674. The Morgan fingerprint density at radius 2 is 1.72 bits per heavy atom. The predicted octanol–water partition coefficient (Wildman–Crippen LogP) is 4.09. The quantitative estimate of drug-likeness (QED) is 0.422. The van der Waals surface area contributed by atoms with E-state index in [4.69, 9.17) is 32.7 Å². The Hall–Kier alpha value is -2.44. The lowest BCUT2D eigenvalue weighted by Gasteiger charge is -2.25. The molecular weight excluding hydrogens is 415 g/mol. The minimum Gasteiger partial charge on any atom is -0.494 e. The number of amides is 1. The van der Waals surface area contributed by atoms with Crippen molar-refractivity contribution in [3.8, 4) is 17.2 Å². The van der Waals surface area contributed by atoms with Crippen molar-refractivity contribution in [1.82, 2.24) is 5.32 Å². The van der Waals surface area contributed by atoms with Crippen LogP contribution in [0.4, 0.5) is 5.69 Å². The molecule has 0 aliphatic rings. The Balaban J connectivity index is 2.13. The molecule has 6 nitrogen and oxygen atoms in total. The van der Waals surface area contributed by atoms with E-state index in [0.717, 1.165) is 5.69 Å². The number of nitrogens with zero attached hydrogens (tertiary/aromatic N) is 1. The summed E-state index contributed by atoms with van der Waals surface area (Å²) in [4.78, 5) is 24.7. The van der Waals surface area contributed by atoms with Gasteiger partial charge in [-0.25, -0.2) is 0 Å². The van der Waals surface area contributed by atoms with Gasteiger partial charge in [-0.3, -0.25) is 4.79 Å². The maximum absolute atomic E-state index is 12.0. The Morgan fingerprint density at radius 3 is 2.28 bits per heavy atom. The Morgan fingerprint density at radius 1 is 1.10 bits per heavy atom. The van der Waals surface area contributed by atoms with Gasteiger partial charge in [0.1, 0.15) is 23.5 Å². The fraction of sp³-hybridized carbons (Fsp3) is 0.333. The monoisotopic (exact) mass is 438 g/mol. The molecule has 0 aliphatic heterocycles. The number of benzene rings is 2. The number of halogens is 2. The largest absolute Gasteiger partial charge is 0.494 e. The minimum atomic E-state index is -0.540. The second-order valence-corrected chi connectivity index (χ2v) is 6.98. The zero-order valence-corrected chi connectivity index (χ0v) is 17.9. The summed E-state index contributed by atoms with van der Waals surface area (Å²) in [5, 5.41) is 2.58. The molecule has 0 heterocycles. The van der Waals surface area contributed by atoms with Crippen LogP contribution < -0.4 is 19.7 Å². The smallest absolute Gasteiger partial charge is 0.251 e. The second-order valence-electron chi connectivity index (χ2n) is 6.22. The van der Waals surface area contributed by atoms with E-state index in [1.807, 2.05) is 12.1 Å². The normalized spacial score (nSPS) is 11.4. The third-order valence-corrected chi connectivity index (χ3v) is 4.45. The predicted molar refractivity (Wildman–Crippen MR) is 116 cm³/mol. The van der Waals surface area contributed by atoms with Crippen LogP contribution in [0.15, 0.2) is 42.5 Å². The number of alkyl halides is 2. The molecule has 0 saturated carbocycles. The van der Waals surface area contributed by atoms with Gasteiger partial charge in [-0.05, 0) is 43.3 Å². The number of aldehydes is 1. The molecule has 2 aromatic carbocycles. The van der Waals surface area contributed by atoms with Crippen molar-refractivity contribution < 1.29 is 19.1 Å². The first-order chi connectivity index (χ1) is 14.0. The highest BCUT2D eigenvalue weighted by Crippen LogP contribution is 2.34. The van der Waals surface area contributed by atoms with E-state index in [9.17, 15) is 9.59 Å². The molecule has 1 N–H and O–H groups in total. The summed E-state index contributed by atoms with van der Waals surface area (Å²) in [7, 11) is 1.59. The molecule has 0 radical (unpaired) electrons. The van der Waals surface area contributed by atoms with Gasteiger partial charge in [0.15, 0.2) is 0 Å². The highest BCUT2D eigenvalue weighted by molar-refractivity contribution is 6.18. The molecule has 0 fully saturated rings. The van der Waals surface area contributed by atoms with Gasteiger partial charge in [0.2, 0.25) is 0 Å². The van der Waals surface area contributed by atoms with Crippen LogP contribution >= 0.6 is 23.2 Å². The highest BCUT2D eigenvalue weighted by Gasteiger charge is 2.13. The van der Waals surface area contributed by atoms with E-state index in [2.05, 4.69) is 10.2 Å². The van der Waals surface area contributed by atoms with Crippen LogP contribution in [0.3, 0.4) is 0 Å². The van der Waals surface area contributed by atoms with Crippen molar-refractivity contribution in [2.45, 2.75) is 13.0 Å². The zero-order chi connectivity index (χ0) is 21.2. The minimum absolute atomic E-state index is 0.319. The molecule has 0 unspecified atom stereocenters. The van der Waals surface area contributed by atoms with Crippen molar-refractivity contribution in [2.75, 3.05) is 36.9 Å². The number of anilines is 1. The molecule has 2 aromatic rings. The molecule has 8 heteroatoms. The fourth-order valence-corrected chi connectivity index (χ4v) is 3.08. The summed E-state index contributed by atoms with van der Waals surface area (Å²) in [6.45, 7) is 2.91. The number of nitrogens with one attached hydrogen (secondary N) is 1. The van der Waals surface area contributed by atoms with Crippen molar-refractivity contribution in [3.63, 3.8) is 0 Å². The number of hydrogen-bond donors (Lipinski definition) is 1. The van der Waals surface area contributed by atoms with Crippen LogP contribution in [-0.4, -0.2) is 50.2 Å². The van der Waals surface area contributed by atoms with E-state index in [0.29, 0.717) is 53.9 Å². The van der Waals surface area contributed by atoms with Gasteiger partial charge < -0.3 is 24.5 Å². The molecule has 156 valence electrons. The molecule has 1 atom stereocenters. The first-order valence-electron chi connectivity index (χ1n) is 9.11. The molecule has 1 amide bonds. The standard InChI is InChI=1S/C21H24Cl2N2O4/c1-15(14-26)24-21(27)16-3-5-17(6-4-16)29-18-7-8-19(20(13-18)28-2)25(11-9-22)12-10-23/h3-8,13-15H,9-12H2,1-2H3,(H,24,27)/t15-/m0/s1. The summed E-state index contributed by atoms with van der Waals surface area (Å²) < 4.78 is 11.4. The van der Waals surface area contributed by atoms with E-state index in [1.54, 1.807) is 44.4 Å². The Bertz CT molecular complexity index is 809. The summed E-state index contributed by atoms with van der Waals surface area (Å²) in [5.41, 5.74) is 1.33. The Kier molecular flexibility index (Phi) is 9.09. The van der Waals surface area contributed by atoms with Gasteiger partial charge in [-0.15, -0.1) is 23.2 Å². The maximum Gasteiger partial charge on any atom is 0.251 e. The van der Waals surface area contributed by atoms with Crippen LogP contribution in [0.2, 0.25) is 0 Å². The number of ether oxygens (including phenoxy) is 2. The lowest BCUT2D eigenvalue weighted by atomic mass is 10.2. The topological polar surface area (TPSA) is 67.9 Å². The molecule has 0 aliphatic carbocycles. The van der Waals surface area contributed by atoms with Crippen molar-refractivity contribution in [3.05, 3.63) is 48.0 Å². The first kappa shape index (κ1) is 22.8.